The summed E-state index contributed by atoms with van der Waals surface area (Å²) in [6, 6.07) is 7.04. The summed E-state index contributed by atoms with van der Waals surface area (Å²) in [4.78, 5) is 20.9. The van der Waals surface area contributed by atoms with Crippen LogP contribution in [0.1, 0.15) is 5.56 Å². The number of alkyl halides is 1. The summed E-state index contributed by atoms with van der Waals surface area (Å²) in [6.45, 7) is 0. The van der Waals surface area contributed by atoms with E-state index >= 15 is 0 Å². The van der Waals surface area contributed by atoms with Gasteiger partial charge in [0, 0.05) is 6.42 Å². The van der Waals surface area contributed by atoms with Crippen LogP contribution in [0.4, 0.5) is 15.8 Å². The second-order valence-corrected chi connectivity index (χ2v) is 6.69. The number of nitrogens with two attached hydrogens (primary N) is 1. The molecule has 2 rings (SSSR count). The quantitative estimate of drug-likeness (QED) is 0.360. The molecule has 2 aromatic rings. The van der Waals surface area contributed by atoms with Crippen molar-refractivity contribution in [3.63, 3.8) is 0 Å². The van der Waals surface area contributed by atoms with Gasteiger partial charge in [0.05, 0.1) is 19.9 Å². The van der Waals surface area contributed by atoms with Crippen LogP contribution in [0.15, 0.2) is 39.3 Å². The second kappa shape index (κ2) is 7.79. The number of hydrogen-bond donors (Lipinski definition) is 2. The zero-order valence-corrected chi connectivity index (χ0v) is 15.6. The molecule has 25 heavy (non-hydrogen) atoms. The number of nitrogen functional groups attached to an aromatic ring is 1. The smallest absolute Gasteiger partial charge is 0.338 e. The molecule has 0 heterocycles. The predicted octanol–water partition coefficient (Wildman–Crippen LogP) is 4.46. The number of aliphatic carboxylic acids is 1. The highest BCUT2D eigenvalue weighted by molar-refractivity contribution is 9.11. The van der Waals surface area contributed by atoms with Crippen molar-refractivity contribution in [1.82, 2.24) is 0 Å². The Kier molecular flexibility index (Phi) is 5.96. The van der Waals surface area contributed by atoms with Crippen molar-refractivity contribution < 1.29 is 24.0 Å². The molecule has 10 heteroatoms. The molecule has 0 aliphatic heterocycles. The Balaban J connectivity index is 2.30. The number of carboxylic acid groups (broad SMARTS) is 1. The number of nitrogens with zero attached hydrogens (tertiary/aromatic N) is 1. The van der Waals surface area contributed by atoms with Gasteiger partial charge < -0.3 is 15.6 Å². The molecule has 7 nitrogen and oxygen atoms in total. The van der Waals surface area contributed by atoms with Crippen molar-refractivity contribution in [3.05, 3.63) is 55.0 Å². The van der Waals surface area contributed by atoms with Crippen LogP contribution in [-0.2, 0) is 11.2 Å². The standard InChI is InChI=1S/C15H11Br2FN2O5/c16-9-3-7(5-11(18)15(21)22)4-10(17)14(9)25-8-1-2-12(19)13(6-8)20(23)24/h1-4,6,11H,5,19H2,(H,21,22). The van der Waals surface area contributed by atoms with Gasteiger partial charge in [-0.3, -0.25) is 10.1 Å². The number of nitro groups is 1. The monoisotopic (exact) mass is 476 g/mol. The summed E-state index contributed by atoms with van der Waals surface area (Å²) in [5, 5.41) is 19.6. The van der Waals surface area contributed by atoms with E-state index < -0.39 is 17.1 Å². The van der Waals surface area contributed by atoms with Gasteiger partial charge in [0.1, 0.15) is 11.4 Å². The largest absolute Gasteiger partial charge is 0.479 e. The Morgan fingerprint density at radius 1 is 1.32 bits per heavy atom. The number of anilines is 1. The summed E-state index contributed by atoms with van der Waals surface area (Å²) in [5.74, 6) is -1.06. The molecule has 0 radical (unpaired) electrons. The summed E-state index contributed by atoms with van der Waals surface area (Å²) in [6.07, 6.45) is -2.33. The normalized spacial score (nSPS) is 11.8. The number of carboxylic acids is 1. The molecule has 0 aliphatic carbocycles. The Labute approximate surface area is 158 Å². The predicted molar refractivity (Wildman–Crippen MR) is 95.7 cm³/mol. The van der Waals surface area contributed by atoms with Crippen LogP contribution in [0.2, 0.25) is 0 Å². The van der Waals surface area contributed by atoms with Crippen molar-refractivity contribution in [2.75, 3.05) is 5.73 Å². The maximum Gasteiger partial charge on any atom is 0.338 e. The van der Waals surface area contributed by atoms with E-state index in [-0.39, 0.29) is 23.5 Å². The van der Waals surface area contributed by atoms with E-state index in [1.54, 1.807) is 0 Å². The van der Waals surface area contributed by atoms with Crippen LogP contribution in [0.3, 0.4) is 0 Å². The van der Waals surface area contributed by atoms with Crippen molar-refractivity contribution in [3.8, 4) is 11.5 Å². The Hall–Kier alpha value is -2.20. The van der Waals surface area contributed by atoms with Gasteiger partial charge in [0.15, 0.2) is 5.75 Å². The third-order valence-electron chi connectivity index (χ3n) is 3.16. The van der Waals surface area contributed by atoms with E-state index in [0.29, 0.717) is 20.3 Å². The Bertz CT molecular complexity index is 824. The molecule has 0 aromatic heterocycles. The highest BCUT2D eigenvalue weighted by Gasteiger charge is 2.19. The molecule has 0 saturated carbocycles. The average molecular weight is 478 g/mol. The number of carbonyl (C=O) groups is 1. The van der Waals surface area contributed by atoms with Gasteiger partial charge in [-0.1, -0.05) is 0 Å². The van der Waals surface area contributed by atoms with Crippen LogP contribution < -0.4 is 10.5 Å². The van der Waals surface area contributed by atoms with Crippen molar-refractivity contribution in [2.45, 2.75) is 12.6 Å². The molecule has 3 N–H and O–H groups in total. The molecular formula is C15H11Br2FN2O5. The van der Waals surface area contributed by atoms with Gasteiger partial charge in [-0.05, 0) is 61.7 Å². The zero-order chi connectivity index (χ0) is 18.7. The average Bonchev–Trinajstić information content (AvgIpc) is 2.52. The van der Waals surface area contributed by atoms with Crippen LogP contribution in [0, 0.1) is 10.1 Å². The molecule has 0 aliphatic rings. The first kappa shape index (κ1) is 19.1. The van der Waals surface area contributed by atoms with Crippen LogP contribution in [0.25, 0.3) is 0 Å². The molecule has 1 unspecified atom stereocenters. The minimum atomic E-state index is -2.02. The first-order valence-electron chi connectivity index (χ1n) is 6.75. The maximum absolute atomic E-state index is 13.3. The fourth-order valence-corrected chi connectivity index (χ4v) is 3.43. The molecule has 0 saturated heterocycles. The van der Waals surface area contributed by atoms with Gasteiger partial charge >= 0.3 is 5.97 Å². The molecule has 1 atom stereocenters. The lowest BCUT2D eigenvalue weighted by Crippen LogP contribution is -2.17. The van der Waals surface area contributed by atoms with Crippen molar-refractivity contribution >= 4 is 49.2 Å². The number of nitro benzene ring substituents is 1. The third-order valence-corrected chi connectivity index (χ3v) is 4.34. The number of rotatable bonds is 6. The number of hydrogen-bond acceptors (Lipinski definition) is 5. The van der Waals surface area contributed by atoms with E-state index in [1.165, 1.54) is 30.3 Å². The Morgan fingerprint density at radius 3 is 2.44 bits per heavy atom. The first-order valence-corrected chi connectivity index (χ1v) is 8.34. The number of halogens is 3. The zero-order valence-electron chi connectivity index (χ0n) is 12.4. The third kappa shape index (κ3) is 4.67. The van der Waals surface area contributed by atoms with Crippen LogP contribution in [0.5, 0.6) is 11.5 Å². The summed E-state index contributed by atoms with van der Waals surface area (Å²) >= 11 is 6.52. The second-order valence-electron chi connectivity index (χ2n) is 4.98. The van der Waals surface area contributed by atoms with Gasteiger partial charge in [0.25, 0.3) is 5.69 Å². The topological polar surface area (TPSA) is 116 Å². The summed E-state index contributed by atoms with van der Waals surface area (Å²) < 4.78 is 19.8. The molecule has 0 bridgehead atoms. The maximum atomic E-state index is 13.3. The first-order chi connectivity index (χ1) is 11.7. The highest BCUT2D eigenvalue weighted by Crippen LogP contribution is 2.39. The van der Waals surface area contributed by atoms with Gasteiger partial charge in [-0.15, -0.1) is 0 Å². The summed E-state index contributed by atoms with van der Waals surface area (Å²) in [7, 11) is 0. The molecule has 0 fully saturated rings. The molecule has 2 aromatic carbocycles. The Morgan fingerprint density at radius 2 is 1.92 bits per heavy atom. The highest BCUT2D eigenvalue weighted by atomic mass is 79.9. The molecule has 132 valence electrons. The minimum Gasteiger partial charge on any atom is -0.479 e. The lowest BCUT2D eigenvalue weighted by molar-refractivity contribution is -0.384. The lowest BCUT2D eigenvalue weighted by atomic mass is 10.1. The van der Waals surface area contributed by atoms with E-state index in [0.717, 1.165) is 0 Å². The number of ether oxygens (including phenoxy) is 1. The van der Waals surface area contributed by atoms with Gasteiger partial charge in [0.2, 0.25) is 6.17 Å². The van der Waals surface area contributed by atoms with Gasteiger partial charge in [-0.2, -0.15) is 0 Å². The fraction of sp³-hybridized carbons (Fsp3) is 0.133. The minimum absolute atomic E-state index is 0.00786. The van der Waals surface area contributed by atoms with E-state index in [4.69, 9.17) is 15.6 Å². The summed E-state index contributed by atoms with van der Waals surface area (Å²) in [5.41, 5.74) is 5.69. The van der Waals surface area contributed by atoms with E-state index in [2.05, 4.69) is 31.9 Å². The molecule has 0 spiro atoms. The molecular weight excluding hydrogens is 467 g/mol. The molecule has 0 amide bonds. The van der Waals surface area contributed by atoms with E-state index in [1.807, 2.05) is 0 Å². The SMILES string of the molecule is Nc1ccc(Oc2c(Br)cc(CC(F)C(=O)O)cc2Br)cc1[N+](=O)[O-]. The van der Waals surface area contributed by atoms with Crippen LogP contribution in [-0.4, -0.2) is 22.2 Å². The number of benzene rings is 2. The van der Waals surface area contributed by atoms with Gasteiger partial charge in [-0.25, -0.2) is 9.18 Å². The van der Waals surface area contributed by atoms with Crippen molar-refractivity contribution in [2.24, 2.45) is 0 Å². The van der Waals surface area contributed by atoms with Crippen molar-refractivity contribution in [1.29, 1.82) is 0 Å². The van der Waals surface area contributed by atoms with Crippen LogP contribution >= 0.6 is 31.9 Å². The van der Waals surface area contributed by atoms with E-state index in [9.17, 15) is 19.3 Å². The fourth-order valence-electron chi connectivity index (χ4n) is 1.98. The lowest BCUT2D eigenvalue weighted by Gasteiger charge is -2.13.